The number of sulfonamides is 1. The highest BCUT2D eigenvalue weighted by Crippen LogP contribution is 2.24. The van der Waals surface area contributed by atoms with Crippen molar-refractivity contribution in [3.63, 3.8) is 0 Å². The normalized spacial score (nSPS) is 13.1. The van der Waals surface area contributed by atoms with Crippen LogP contribution in [0.1, 0.15) is 24.3 Å². The first-order valence-corrected chi connectivity index (χ1v) is 9.73. The van der Waals surface area contributed by atoms with Crippen molar-refractivity contribution in [2.45, 2.75) is 24.4 Å². The average molecular weight is 371 g/mol. The van der Waals surface area contributed by atoms with E-state index in [1.165, 1.54) is 12.1 Å². The largest absolute Gasteiger partial charge is 0.359 e. The molecule has 3 aromatic rings. The second kappa shape index (κ2) is 7.41. The highest BCUT2D eigenvalue weighted by Gasteiger charge is 2.16. The first kappa shape index (κ1) is 18.3. The van der Waals surface area contributed by atoms with Gasteiger partial charge in [-0.2, -0.15) is 0 Å². The van der Waals surface area contributed by atoms with E-state index in [4.69, 9.17) is 9.66 Å². The van der Waals surface area contributed by atoms with E-state index in [1.807, 2.05) is 50.4 Å². The molecule has 0 radical (unpaired) electrons. The monoisotopic (exact) mass is 371 g/mol. The van der Waals surface area contributed by atoms with Gasteiger partial charge < -0.3 is 4.52 Å². The van der Waals surface area contributed by atoms with E-state index in [2.05, 4.69) is 10.1 Å². The second-order valence-electron chi connectivity index (χ2n) is 6.25. The Bertz CT molecular complexity index is 967. The number of hydrogen-bond acceptors (Lipinski definition) is 5. The van der Waals surface area contributed by atoms with Crippen molar-refractivity contribution < 1.29 is 12.9 Å². The first-order valence-electron chi connectivity index (χ1n) is 8.18. The van der Waals surface area contributed by atoms with Crippen LogP contribution in [-0.2, 0) is 16.6 Å². The highest BCUT2D eigenvalue weighted by molar-refractivity contribution is 7.89. The zero-order valence-electron chi connectivity index (χ0n) is 14.7. The molecular weight excluding hydrogens is 350 g/mol. The molecule has 7 heteroatoms. The van der Waals surface area contributed by atoms with Crippen molar-refractivity contribution >= 4 is 10.0 Å². The molecular formula is C19H21N3O3S. The van der Waals surface area contributed by atoms with Crippen LogP contribution in [-0.4, -0.2) is 25.5 Å². The number of rotatable bonds is 6. The van der Waals surface area contributed by atoms with Crippen molar-refractivity contribution in [3.8, 4) is 11.3 Å². The first-order chi connectivity index (χ1) is 12.3. The lowest BCUT2D eigenvalue weighted by Crippen LogP contribution is -2.21. The molecule has 0 bridgehead atoms. The maximum absolute atomic E-state index is 11.4. The summed E-state index contributed by atoms with van der Waals surface area (Å²) in [4.78, 5) is 2.21. The Hall–Kier alpha value is -2.48. The van der Waals surface area contributed by atoms with Crippen LogP contribution in [0.2, 0.25) is 0 Å². The molecule has 0 aliphatic rings. The summed E-state index contributed by atoms with van der Waals surface area (Å²) in [5.41, 5.74) is 2.80. The predicted octanol–water partition coefficient (Wildman–Crippen LogP) is 3.18. The summed E-state index contributed by atoms with van der Waals surface area (Å²) in [5.74, 6) is 0.763. The number of benzene rings is 2. The van der Waals surface area contributed by atoms with E-state index in [9.17, 15) is 8.42 Å². The Morgan fingerprint density at radius 1 is 1.12 bits per heavy atom. The molecule has 1 heterocycles. The van der Waals surface area contributed by atoms with E-state index in [1.54, 1.807) is 12.1 Å². The number of primary sulfonamides is 1. The van der Waals surface area contributed by atoms with Gasteiger partial charge in [-0.15, -0.1) is 0 Å². The van der Waals surface area contributed by atoms with Gasteiger partial charge in [0.15, 0.2) is 5.76 Å². The lowest BCUT2D eigenvalue weighted by molar-refractivity contribution is 0.221. The average Bonchev–Trinajstić information content (AvgIpc) is 3.09. The van der Waals surface area contributed by atoms with Crippen LogP contribution in [0, 0.1) is 0 Å². The van der Waals surface area contributed by atoms with E-state index in [0.717, 1.165) is 22.6 Å². The molecule has 1 atom stereocenters. The maximum Gasteiger partial charge on any atom is 0.238 e. The standard InChI is InChI=1S/C19H21N3O3S/c1-14(15-8-10-18(11-9-15)26(20,23)24)22(2)13-17-12-19(21-25-17)16-6-4-3-5-7-16/h3-12,14H,13H2,1-2H3,(H2,20,23,24)/t14-/m0/s1. The molecule has 6 nitrogen and oxygen atoms in total. The summed E-state index contributed by atoms with van der Waals surface area (Å²) in [6.07, 6.45) is 0. The van der Waals surface area contributed by atoms with Gasteiger partial charge in [-0.25, -0.2) is 13.6 Å². The summed E-state index contributed by atoms with van der Waals surface area (Å²) >= 11 is 0. The minimum atomic E-state index is -3.67. The fourth-order valence-corrected chi connectivity index (χ4v) is 3.22. The van der Waals surface area contributed by atoms with Crippen LogP contribution in [0.5, 0.6) is 0 Å². The third-order valence-electron chi connectivity index (χ3n) is 4.39. The minimum absolute atomic E-state index is 0.0646. The Morgan fingerprint density at radius 3 is 2.38 bits per heavy atom. The molecule has 0 saturated carbocycles. The van der Waals surface area contributed by atoms with E-state index in [-0.39, 0.29) is 10.9 Å². The molecule has 0 amide bonds. The maximum atomic E-state index is 11.4. The quantitative estimate of drug-likeness (QED) is 0.719. The lowest BCUT2D eigenvalue weighted by atomic mass is 10.1. The molecule has 0 saturated heterocycles. The molecule has 2 aromatic carbocycles. The third kappa shape index (κ3) is 4.19. The van der Waals surface area contributed by atoms with Crippen LogP contribution >= 0.6 is 0 Å². The lowest BCUT2D eigenvalue weighted by Gasteiger charge is -2.24. The second-order valence-corrected chi connectivity index (χ2v) is 7.81. The highest BCUT2D eigenvalue weighted by atomic mass is 32.2. The van der Waals surface area contributed by atoms with E-state index < -0.39 is 10.0 Å². The van der Waals surface area contributed by atoms with Gasteiger partial charge >= 0.3 is 0 Å². The van der Waals surface area contributed by atoms with Crippen molar-refractivity contribution in [3.05, 3.63) is 72.0 Å². The van der Waals surface area contributed by atoms with Crippen molar-refractivity contribution in [1.29, 1.82) is 0 Å². The van der Waals surface area contributed by atoms with Crippen molar-refractivity contribution in [2.24, 2.45) is 5.14 Å². The smallest absolute Gasteiger partial charge is 0.238 e. The molecule has 0 spiro atoms. The van der Waals surface area contributed by atoms with Crippen LogP contribution in [0.4, 0.5) is 0 Å². The fraction of sp³-hybridized carbons (Fsp3) is 0.211. The summed E-state index contributed by atoms with van der Waals surface area (Å²) in [5, 5.41) is 9.27. The Kier molecular flexibility index (Phi) is 5.22. The van der Waals surface area contributed by atoms with Gasteiger partial charge in [0, 0.05) is 17.7 Å². The van der Waals surface area contributed by atoms with Crippen LogP contribution in [0.3, 0.4) is 0 Å². The Labute approximate surface area is 153 Å². The predicted molar refractivity (Wildman–Crippen MR) is 99.6 cm³/mol. The van der Waals surface area contributed by atoms with Gasteiger partial charge in [0.1, 0.15) is 5.69 Å². The van der Waals surface area contributed by atoms with Crippen LogP contribution in [0.25, 0.3) is 11.3 Å². The summed E-state index contributed by atoms with van der Waals surface area (Å²) in [6.45, 7) is 2.62. The van der Waals surface area contributed by atoms with Gasteiger partial charge in [-0.3, -0.25) is 4.90 Å². The van der Waals surface area contributed by atoms with Gasteiger partial charge in [0.05, 0.1) is 11.4 Å². The van der Waals surface area contributed by atoms with Gasteiger partial charge in [0.25, 0.3) is 0 Å². The van der Waals surface area contributed by atoms with Gasteiger partial charge in [-0.05, 0) is 31.7 Å². The molecule has 1 aromatic heterocycles. The van der Waals surface area contributed by atoms with Gasteiger partial charge in [0.2, 0.25) is 10.0 Å². The summed E-state index contributed by atoms with van der Waals surface area (Å²) in [7, 11) is -1.70. The zero-order valence-corrected chi connectivity index (χ0v) is 15.5. The molecule has 2 N–H and O–H groups in total. The third-order valence-corrected chi connectivity index (χ3v) is 5.32. The molecule has 0 fully saturated rings. The summed E-state index contributed by atoms with van der Waals surface area (Å²) < 4.78 is 28.2. The number of hydrogen-bond donors (Lipinski definition) is 1. The molecule has 0 aliphatic carbocycles. The van der Waals surface area contributed by atoms with E-state index in [0.29, 0.717) is 6.54 Å². The number of aromatic nitrogens is 1. The molecule has 0 aliphatic heterocycles. The summed E-state index contributed by atoms with van der Waals surface area (Å²) in [6, 6.07) is 18.5. The number of nitrogens with zero attached hydrogens (tertiary/aromatic N) is 2. The van der Waals surface area contributed by atoms with Crippen LogP contribution in [0.15, 0.2) is 70.1 Å². The van der Waals surface area contributed by atoms with Crippen LogP contribution < -0.4 is 5.14 Å². The molecule has 3 rings (SSSR count). The fourth-order valence-electron chi connectivity index (χ4n) is 2.71. The number of nitrogens with two attached hydrogens (primary N) is 1. The minimum Gasteiger partial charge on any atom is -0.359 e. The molecule has 0 unspecified atom stereocenters. The Morgan fingerprint density at radius 2 is 1.77 bits per heavy atom. The SMILES string of the molecule is C[C@@H](c1ccc(S(N)(=O)=O)cc1)N(C)Cc1cc(-c2ccccc2)no1. The van der Waals surface area contributed by atoms with Crippen molar-refractivity contribution in [1.82, 2.24) is 10.1 Å². The molecule has 26 heavy (non-hydrogen) atoms. The zero-order chi connectivity index (χ0) is 18.7. The van der Waals surface area contributed by atoms with Gasteiger partial charge in [-0.1, -0.05) is 47.6 Å². The Balaban J connectivity index is 1.70. The van der Waals surface area contributed by atoms with Crippen molar-refractivity contribution in [2.75, 3.05) is 7.05 Å². The molecule has 136 valence electrons. The topological polar surface area (TPSA) is 89.4 Å². The van der Waals surface area contributed by atoms with E-state index >= 15 is 0 Å².